The maximum absolute atomic E-state index is 6.09. The number of hydrogen-bond donors (Lipinski definition) is 1. The van der Waals surface area contributed by atoms with Crippen LogP contribution in [0.2, 0.25) is 0 Å². The number of hydrogen-bond acceptors (Lipinski definition) is 3. The topological polar surface area (TPSA) is 24.5 Å². The van der Waals surface area contributed by atoms with Crippen LogP contribution in [0.5, 0.6) is 11.5 Å². The van der Waals surface area contributed by atoms with Crippen LogP contribution in [0.3, 0.4) is 0 Å². The van der Waals surface area contributed by atoms with Crippen LogP contribution in [0.1, 0.15) is 36.9 Å². The fraction of sp³-hybridized carbons (Fsp3) is 0.400. The Balaban J connectivity index is 1.65. The van der Waals surface area contributed by atoms with E-state index in [0.717, 1.165) is 24.6 Å². The van der Waals surface area contributed by atoms with Crippen LogP contribution in [0.25, 0.3) is 0 Å². The molecule has 0 spiro atoms. The molecule has 0 saturated carbocycles. The Morgan fingerprint density at radius 1 is 1.04 bits per heavy atom. The molecule has 2 heterocycles. The summed E-state index contributed by atoms with van der Waals surface area (Å²) in [6.07, 6.45) is 2.52. The standard InChI is InChI=1S/C20H24N2O/c1-2-22-13-7-8-15(14-22)21-20-16-9-3-5-11-18(16)23-19-12-6-4-10-17(19)20/h3-6,9-12,15,20-21H,2,7-8,13-14H2,1H3/t15-/m0/s1. The minimum Gasteiger partial charge on any atom is -0.457 e. The number of para-hydroxylation sites is 2. The zero-order valence-corrected chi connectivity index (χ0v) is 13.7. The van der Waals surface area contributed by atoms with Crippen molar-refractivity contribution in [2.24, 2.45) is 0 Å². The van der Waals surface area contributed by atoms with Gasteiger partial charge in [0.15, 0.2) is 0 Å². The van der Waals surface area contributed by atoms with Gasteiger partial charge in [-0.1, -0.05) is 43.3 Å². The lowest BCUT2D eigenvalue weighted by molar-refractivity contribution is 0.192. The molecule has 2 aromatic carbocycles. The minimum absolute atomic E-state index is 0.220. The van der Waals surface area contributed by atoms with Crippen molar-refractivity contribution in [2.75, 3.05) is 19.6 Å². The van der Waals surface area contributed by atoms with Crippen molar-refractivity contribution in [3.05, 3.63) is 59.7 Å². The largest absolute Gasteiger partial charge is 0.457 e. The fourth-order valence-corrected chi connectivity index (χ4v) is 3.80. The molecule has 3 nitrogen and oxygen atoms in total. The number of fused-ring (bicyclic) bond motifs is 2. The van der Waals surface area contributed by atoms with Crippen molar-refractivity contribution in [1.29, 1.82) is 0 Å². The van der Waals surface area contributed by atoms with E-state index in [1.165, 1.54) is 30.5 Å². The van der Waals surface area contributed by atoms with E-state index in [9.17, 15) is 0 Å². The van der Waals surface area contributed by atoms with Crippen LogP contribution in [0.15, 0.2) is 48.5 Å². The Labute approximate surface area is 138 Å². The first-order chi connectivity index (χ1) is 11.3. The highest BCUT2D eigenvalue weighted by Gasteiger charge is 2.29. The molecule has 0 aliphatic carbocycles. The number of ether oxygens (including phenoxy) is 1. The average molecular weight is 308 g/mol. The van der Waals surface area contributed by atoms with Crippen molar-refractivity contribution in [3.63, 3.8) is 0 Å². The van der Waals surface area contributed by atoms with E-state index in [2.05, 4.69) is 53.5 Å². The Bertz CT molecular complexity index is 639. The van der Waals surface area contributed by atoms with Crippen molar-refractivity contribution in [1.82, 2.24) is 10.2 Å². The summed E-state index contributed by atoms with van der Waals surface area (Å²) in [7, 11) is 0. The molecule has 23 heavy (non-hydrogen) atoms. The number of nitrogens with zero attached hydrogens (tertiary/aromatic N) is 1. The van der Waals surface area contributed by atoms with Crippen molar-refractivity contribution in [3.8, 4) is 11.5 Å². The number of piperidine rings is 1. The molecule has 0 unspecified atom stereocenters. The van der Waals surface area contributed by atoms with Gasteiger partial charge in [0.1, 0.15) is 11.5 Å². The van der Waals surface area contributed by atoms with E-state index in [0.29, 0.717) is 6.04 Å². The highest BCUT2D eigenvalue weighted by molar-refractivity contribution is 5.52. The summed E-state index contributed by atoms with van der Waals surface area (Å²) in [6, 6.07) is 17.6. The third-order valence-corrected chi connectivity index (χ3v) is 5.04. The van der Waals surface area contributed by atoms with Crippen molar-refractivity contribution in [2.45, 2.75) is 31.8 Å². The molecule has 0 bridgehead atoms. The molecule has 1 fully saturated rings. The molecule has 2 aliphatic heterocycles. The fourth-order valence-electron chi connectivity index (χ4n) is 3.80. The summed E-state index contributed by atoms with van der Waals surface area (Å²) >= 11 is 0. The predicted molar refractivity (Wildman–Crippen MR) is 93.1 cm³/mol. The predicted octanol–water partition coefficient (Wildman–Crippen LogP) is 3.96. The molecule has 3 heteroatoms. The highest BCUT2D eigenvalue weighted by atomic mass is 16.5. The molecule has 2 aromatic rings. The van der Waals surface area contributed by atoms with Crippen molar-refractivity contribution < 1.29 is 4.74 Å². The smallest absolute Gasteiger partial charge is 0.132 e. The number of likely N-dealkylation sites (tertiary alicyclic amines) is 1. The second-order valence-corrected chi connectivity index (χ2v) is 6.51. The van der Waals surface area contributed by atoms with Gasteiger partial charge in [0, 0.05) is 23.7 Å². The third kappa shape index (κ3) is 2.87. The maximum atomic E-state index is 6.09. The number of rotatable bonds is 3. The first-order valence-corrected chi connectivity index (χ1v) is 8.69. The Morgan fingerprint density at radius 2 is 1.70 bits per heavy atom. The van der Waals surface area contributed by atoms with Gasteiger partial charge in [-0.2, -0.15) is 0 Å². The minimum atomic E-state index is 0.220. The summed E-state index contributed by atoms with van der Waals surface area (Å²) in [4.78, 5) is 2.54. The van der Waals surface area contributed by atoms with Gasteiger partial charge in [-0.15, -0.1) is 0 Å². The van der Waals surface area contributed by atoms with Crippen LogP contribution in [0, 0.1) is 0 Å². The maximum Gasteiger partial charge on any atom is 0.132 e. The van der Waals surface area contributed by atoms with Gasteiger partial charge in [0.2, 0.25) is 0 Å². The molecular formula is C20H24N2O. The van der Waals surface area contributed by atoms with Crippen molar-refractivity contribution >= 4 is 0 Å². The summed E-state index contributed by atoms with van der Waals surface area (Å²) in [5, 5.41) is 3.91. The van der Waals surface area contributed by atoms with Crippen LogP contribution in [-0.2, 0) is 0 Å². The van der Waals surface area contributed by atoms with Gasteiger partial charge >= 0.3 is 0 Å². The van der Waals surface area contributed by atoms with E-state index < -0.39 is 0 Å². The van der Waals surface area contributed by atoms with Crippen LogP contribution >= 0.6 is 0 Å². The molecule has 0 aromatic heterocycles. The molecule has 1 N–H and O–H groups in total. The molecule has 1 saturated heterocycles. The average Bonchev–Trinajstić information content (AvgIpc) is 2.61. The Hall–Kier alpha value is -1.84. The first-order valence-electron chi connectivity index (χ1n) is 8.69. The van der Waals surface area contributed by atoms with Crippen LogP contribution in [0.4, 0.5) is 0 Å². The molecule has 1 atom stereocenters. The van der Waals surface area contributed by atoms with E-state index in [1.807, 2.05) is 12.1 Å². The van der Waals surface area contributed by atoms with E-state index >= 15 is 0 Å². The number of likely N-dealkylation sites (N-methyl/N-ethyl adjacent to an activating group) is 1. The van der Waals surface area contributed by atoms with Gasteiger partial charge in [-0.05, 0) is 38.1 Å². The van der Waals surface area contributed by atoms with E-state index in [4.69, 9.17) is 4.74 Å². The Kier molecular flexibility index (Phi) is 4.06. The zero-order valence-electron chi connectivity index (χ0n) is 13.7. The quantitative estimate of drug-likeness (QED) is 0.929. The Morgan fingerprint density at radius 3 is 2.35 bits per heavy atom. The summed E-state index contributed by atoms with van der Waals surface area (Å²) in [5.41, 5.74) is 2.50. The molecule has 0 radical (unpaired) electrons. The molecule has 4 rings (SSSR count). The highest BCUT2D eigenvalue weighted by Crippen LogP contribution is 2.42. The molecule has 2 aliphatic rings. The van der Waals surface area contributed by atoms with Gasteiger partial charge < -0.3 is 15.0 Å². The lowest BCUT2D eigenvalue weighted by Crippen LogP contribution is -2.47. The van der Waals surface area contributed by atoms with Gasteiger partial charge in [-0.25, -0.2) is 0 Å². The third-order valence-electron chi connectivity index (χ3n) is 5.04. The second kappa shape index (κ2) is 6.34. The van der Waals surface area contributed by atoms with Gasteiger partial charge in [-0.3, -0.25) is 0 Å². The SMILES string of the molecule is CCN1CCC[C@H](NC2c3ccccc3Oc3ccccc32)C1. The van der Waals surface area contributed by atoms with Gasteiger partial charge in [0.05, 0.1) is 6.04 Å². The first kappa shape index (κ1) is 14.7. The molecule has 0 amide bonds. The lowest BCUT2D eigenvalue weighted by Gasteiger charge is -2.37. The van der Waals surface area contributed by atoms with E-state index in [1.54, 1.807) is 0 Å². The normalized spacial score (nSPS) is 21.3. The monoisotopic (exact) mass is 308 g/mol. The molecule has 120 valence electrons. The van der Waals surface area contributed by atoms with Crippen LogP contribution < -0.4 is 10.1 Å². The lowest BCUT2D eigenvalue weighted by atomic mass is 9.93. The second-order valence-electron chi connectivity index (χ2n) is 6.51. The summed E-state index contributed by atoms with van der Waals surface area (Å²) < 4.78 is 6.09. The number of benzene rings is 2. The van der Waals surface area contributed by atoms with Crippen LogP contribution in [-0.4, -0.2) is 30.6 Å². The van der Waals surface area contributed by atoms with Gasteiger partial charge in [0.25, 0.3) is 0 Å². The summed E-state index contributed by atoms with van der Waals surface area (Å²) in [5.74, 6) is 1.96. The molecular weight excluding hydrogens is 284 g/mol. The number of nitrogens with one attached hydrogen (secondary N) is 1. The van der Waals surface area contributed by atoms with E-state index in [-0.39, 0.29) is 6.04 Å². The summed E-state index contributed by atoms with van der Waals surface area (Å²) in [6.45, 7) is 5.76. The zero-order chi connectivity index (χ0) is 15.6.